The number of carbonyl (C=O) groups excluding carboxylic acids is 3. The standard InChI is InChI=1S/C15H21NO5S/c1-6-20-15(19)12-9(4)10(5)22-13(12)16-11(17)7-21-14(18)8(2)3/h8H,6-7H2,1-5H3,(H,16,17). The fourth-order valence-electron chi connectivity index (χ4n) is 1.63. The molecule has 1 amide bonds. The summed E-state index contributed by atoms with van der Waals surface area (Å²) in [5.41, 5.74) is 1.13. The lowest BCUT2D eigenvalue weighted by atomic mass is 10.1. The molecule has 0 fully saturated rings. The normalized spacial score (nSPS) is 10.5. The Balaban J connectivity index is 2.81. The number of anilines is 1. The number of rotatable bonds is 6. The van der Waals surface area contributed by atoms with E-state index in [1.807, 2.05) is 6.92 Å². The van der Waals surface area contributed by atoms with Crippen molar-refractivity contribution < 1.29 is 23.9 Å². The van der Waals surface area contributed by atoms with Crippen LogP contribution in [0.25, 0.3) is 0 Å². The Morgan fingerprint density at radius 3 is 2.36 bits per heavy atom. The van der Waals surface area contributed by atoms with E-state index in [-0.39, 0.29) is 19.1 Å². The monoisotopic (exact) mass is 327 g/mol. The van der Waals surface area contributed by atoms with Gasteiger partial charge in [0.05, 0.1) is 18.1 Å². The van der Waals surface area contributed by atoms with Gasteiger partial charge in [-0.05, 0) is 26.3 Å². The second kappa shape index (κ2) is 7.93. The van der Waals surface area contributed by atoms with Gasteiger partial charge in [-0.25, -0.2) is 4.79 Å². The third-order valence-electron chi connectivity index (χ3n) is 2.93. The van der Waals surface area contributed by atoms with Crippen molar-refractivity contribution in [1.29, 1.82) is 0 Å². The van der Waals surface area contributed by atoms with Gasteiger partial charge >= 0.3 is 11.9 Å². The van der Waals surface area contributed by atoms with E-state index in [1.165, 1.54) is 11.3 Å². The summed E-state index contributed by atoms with van der Waals surface area (Å²) in [6, 6.07) is 0. The lowest BCUT2D eigenvalue weighted by molar-refractivity contribution is -0.150. The quantitative estimate of drug-likeness (QED) is 0.812. The van der Waals surface area contributed by atoms with Gasteiger partial charge in [-0.1, -0.05) is 13.8 Å². The first-order valence-electron chi connectivity index (χ1n) is 7.01. The van der Waals surface area contributed by atoms with Crippen LogP contribution in [0.2, 0.25) is 0 Å². The van der Waals surface area contributed by atoms with E-state index in [0.717, 1.165) is 10.4 Å². The molecule has 1 rings (SSSR count). The van der Waals surface area contributed by atoms with Crippen LogP contribution >= 0.6 is 11.3 Å². The summed E-state index contributed by atoms with van der Waals surface area (Å²) in [6.45, 7) is 8.62. The lowest BCUT2D eigenvalue weighted by Gasteiger charge is -2.08. The third kappa shape index (κ3) is 4.56. The van der Waals surface area contributed by atoms with E-state index in [4.69, 9.17) is 9.47 Å². The fourth-order valence-corrected chi connectivity index (χ4v) is 2.69. The van der Waals surface area contributed by atoms with E-state index in [2.05, 4.69) is 5.32 Å². The maximum absolute atomic E-state index is 12.0. The van der Waals surface area contributed by atoms with E-state index < -0.39 is 17.8 Å². The molecule has 0 aliphatic carbocycles. The van der Waals surface area contributed by atoms with Crippen LogP contribution in [0.4, 0.5) is 5.00 Å². The summed E-state index contributed by atoms with van der Waals surface area (Å²) in [7, 11) is 0. The number of esters is 2. The van der Waals surface area contributed by atoms with Crippen molar-refractivity contribution >= 4 is 34.2 Å². The first kappa shape index (κ1) is 18.2. The predicted molar refractivity (Wildman–Crippen MR) is 84.2 cm³/mol. The molecule has 1 heterocycles. The van der Waals surface area contributed by atoms with Crippen molar-refractivity contribution in [3.8, 4) is 0 Å². The number of amides is 1. The SMILES string of the molecule is CCOC(=O)c1c(NC(=O)COC(=O)C(C)C)sc(C)c1C. The van der Waals surface area contributed by atoms with Gasteiger partial charge in [-0.15, -0.1) is 11.3 Å². The van der Waals surface area contributed by atoms with Gasteiger partial charge < -0.3 is 14.8 Å². The van der Waals surface area contributed by atoms with Crippen LogP contribution in [0.15, 0.2) is 0 Å². The Bertz CT molecular complexity index is 577. The highest BCUT2D eigenvalue weighted by atomic mass is 32.1. The van der Waals surface area contributed by atoms with Crippen molar-refractivity contribution in [3.63, 3.8) is 0 Å². The molecule has 0 unspecified atom stereocenters. The van der Waals surface area contributed by atoms with Crippen LogP contribution in [0.1, 0.15) is 41.6 Å². The molecule has 22 heavy (non-hydrogen) atoms. The minimum Gasteiger partial charge on any atom is -0.462 e. The van der Waals surface area contributed by atoms with Crippen LogP contribution in [0, 0.1) is 19.8 Å². The molecule has 122 valence electrons. The summed E-state index contributed by atoms with van der Waals surface area (Å²) in [5, 5.41) is 3.02. The zero-order valence-electron chi connectivity index (χ0n) is 13.4. The van der Waals surface area contributed by atoms with Gasteiger partial charge in [0.2, 0.25) is 0 Å². The van der Waals surface area contributed by atoms with Crippen LogP contribution in [-0.4, -0.2) is 31.1 Å². The second-order valence-electron chi connectivity index (χ2n) is 5.02. The first-order valence-corrected chi connectivity index (χ1v) is 7.83. The van der Waals surface area contributed by atoms with E-state index in [1.54, 1.807) is 27.7 Å². The highest BCUT2D eigenvalue weighted by Crippen LogP contribution is 2.32. The van der Waals surface area contributed by atoms with Gasteiger partial charge in [0.25, 0.3) is 5.91 Å². The predicted octanol–water partition coefficient (Wildman–Crippen LogP) is 2.68. The van der Waals surface area contributed by atoms with Crippen molar-refractivity contribution in [2.45, 2.75) is 34.6 Å². The van der Waals surface area contributed by atoms with Crippen LogP contribution in [-0.2, 0) is 19.1 Å². The average molecular weight is 327 g/mol. The number of hydrogen-bond donors (Lipinski definition) is 1. The number of hydrogen-bond acceptors (Lipinski definition) is 6. The molecule has 1 aromatic rings. The number of nitrogens with one attached hydrogen (secondary N) is 1. The van der Waals surface area contributed by atoms with Crippen molar-refractivity contribution in [2.75, 3.05) is 18.5 Å². The fraction of sp³-hybridized carbons (Fsp3) is 0.533. The zero-order valence-corrected chi connectivity index (χ0v) is 14.3. The second-order valence-corrected chi connectivity index (χ2v) is 6.24. The Morgan fingerprint density at radius 2 is 1.82 bits per heavy atom. The molecule has 6 nitrogen and oxygen atoms in total. The smallest absolute Gasteiger partial charge is 0.341 e. The van der Waals surface area contributed by atoms with Gasteiger partial charge in [-0.3, -0.25) is 9.59 Å². The topological polar surface area (TPSA) is 81.7 Å². The molecule has 0 saturated carbocycles. The van der Waals surface area contributed by atoms with Gasteiger partial charge in [-0.2, -0.15) is 0 Å². The molecular formula is C15H21NO5S. The largest absolute Gasteiger partial charge is 0.462 e. The van der Waals surface area contributed by atoms with Crippen LogP contribution < -0.4 is 5.32 Å². The van der Waals surface area contributed by atoms with Crippen molar-refractivity contribution in [1.82, 2.24) is 0 Å². The number of ether oxygens (including phenoxy) is 2. The number of carbonyl (C=O) groups is 3. The molecule has 0 saturated heterocycles. The maximum Gasteiger partial charge on any atom is 0.341 e. The highest BCUT2D eigenvalue weighted by Gasteiger charge is 2.22. The molecule has 0 spiro atoms. The minimum absolute atomic E-state index is 0.257. The molecule has 1 N–H and O–H groups in total. The molecular weight excluding hydrogens is 306 g/mol. The van der Waals surface area contributed by atoms with E-state index in [0.29, 0.717) is 10.6 Å². The minimum atomic E-state index is -0.485. The molecule has 0 aromatic carbocycles. The molecule has 0 radical (unpaired) electrons. The zero-order chi connectivity index (χ0) is 16.9. The van der Waals surface area contributed by atoms with Gasteiger partial charge in [0.15, 0.2) is 6.61 Å². The molecule has 0 aliphatic heterocycles. The van der Waals surface area contributed by atoms with Crippen molar-refractivity contribution in [3.05, 3.63) is 16.0 Å². The van der Waals surface area contributed by atoms with Gasteiger partial charge in [0.1, 0.15) is 5.00 Å². The molecule has 0 aliphatic rings. The lowest BCUT2D eigenvalue weighted by Crippen LogP contribution is -2.23. The summed E-state index contributed by atoms with van der Waals surface area (Å²) >= 11 is 1.29. The van der Waals surface area contributed by atoms with E-state index in [9.17, 15) is 14.4 Å². The van der Waals surface area contributed by atoms with Crippen LogP contribution in [0.3, 0.4) is 0 Å². The van der Waals surface area contributed by atoms with Gasteiger partial charge in [0, 0.05) is 4.88 Å². The number of aryl methyl sites for hydroxylation is 1. The highest BCUT2D eigenvalue weighted by molar-refractivity contribution is 7.16. The molecule has 7 heteroatoms. The summed E-state index contributed by atoms with van der Waals surface area (Å²) in [6.07, 6.45) is 0. The average Bonchev–Trinajstić information content (AvgIpc) is 2.71. The van der Waals surface area contributed by atoms with Crippen LogP contribution in [0.5, 0.6) is 0 Å². The number of thiophene rings is 1. The van der Waals surface area contributed by atoms with E-state index >= 15 is 0 Å². The Hall–Kier alpha value is -1.89. The van der Waals surface area contributed by atoms with Crippen molar-refractivity contribution in [2.24, 2.45) is 5.92 Å². The summed E-state index contributed by atoms with van der Waals surface area (Å²) in [5.74, 6) is -1.70. The first-order chi connectivity index (χ1) is 10.3. The third-order valence-corrected chi connectivity index (χ3v) is 4.06. The molecule has 0 atom stereocenters. The summed E-state index contributed by atoms with van der Waals surface area (Å²) in [4.78, 5) is 36.1. The Morgan fingerprint density at radius 1 is 1.18 bits per heavy atom. The maximum atomic E-state index is 12.0. The molecule has 0 bridgehead atoms. The Labute approximate surface area is 133 Å². The molecule has 1 aromatic heterocycles. The Kier molecular flexibility index (Phi) is 6.55. The summed E-state index contributed by atoms with van der Waals surface area (Å²) < 4.78 is 9.86.